The summed E-state index contributed by atoms with van der Waals surface area (Å²) in [7, 11) is -2.21. The van der Waals surface area contributed by atoms with Crippen molar-refractivity contribution >= 4 is 15.7 Å². The zero-order valence-electron chi connectivity index (χ0n) is 11.7. The van der Waals surface area contributed by atoms with Gasteiger partial charge in [-0.2, -0.15) is 13.5 Å². The van der Waals surface area contributed by atoms with Crippen molar-refractivity contribution in [3.8, 4) is 0 Å². The third-order valence-electron chi connectivity index (χ3n) is 3.21. The van der Waals surface area contributed by atoms with Gasteiger partial charge in [-0.3, -0.25) is 9.40 Å². The van der Waals surface area contributed by atoms with Crippen LogP contribution in [-0.4, -0.2) is 25.7 Å². The zero-order valence-corrected chi connectivity index (χ0v) is 12.5. The van der Waals surface area contributed by atoms with Gasteiger partial charge in [0.05, 0.1) is 5.69 Å². The van der Waals surface area contributed by atoms with E-state index in [0.717, 1.165) is 5.56 Å². The number of anilines is 1. The summed E-state index contributed by atoms with van der Waals surface area (Å²) in [6.07, 6.45) is 0. The average Bonchev–Trinajstić information content (AvgIpc) is 2.79. The second-order valence-electron chi connectivity index (χ2n) is 4.65. The Morgan fingerprint density at radius 1 is 1.35 bits per heavy atom. The number of hydrogen-bond acceptors (Lipinski definition) is 4. The zero-order chi connectivity index (χ0) is 14.9. The fraction of sp³-hybridized carbons (Fsp3) is 0.308. The number of nitrogens with zero attached hydrogens (tertiary/aromatic N) is 2. The molecule has 0 saturated heterocycles. The molecule has 0 aliphatic heterocycles. The van der Waals surface area contributed by atoms with E-state index < -0.39 is 10.0 Å². The number of rotatable bonds is 4. The minimum atomic E-state index is -3.72. The van der Waals surface area contributed by atoms with Crippen molar-refractivity contribution in [2.24, 2.45) is 5.73 Å². The van der Waals surface area contributed by atoms with Crippen LogP contribution >= 0.6 is 0 Å². The fourth-order valence-electron chi connectivity index (χ4n) is 1.98. The van der Waals surface area contributed by atoms with E-state index in [1.165, 1.54) is 11.4 Å². The van der Waals surface area contributed by atoms with Crippen LogP contribution in [0.1, 0.15) is 16.8 Å². The van der Waals surface area contributed by atoms with Gasteiger partial charge in [0.1, 0.15) is 0 Å². The number of sulfonamides is 1. The molecule has 0 unspecified atom stereocenters. The molecule has 0 amide bonds. The fourth-order valence-corrected chi connectivity index (χ4v) is 3.34. The van der Waals surface area contributed by atoms with Crippen LogP contribution in [0.5, 0.6) is 0 Å². The van der Waals surface area contributed by atoms with Crippen LogP contribution in [0.4, 0.5) is 5.69 Å². The minimum Gasteiger partial charge on any atom is -0.326 e. The third kappa shape index (κ3) is 2.41. The van der Waals surface area contributed by atoms with Crippen LogP contribution in [0, 0.1) is 13.8 Å². The summed E-state index contributed by atoms with van der Waals surface area (Å²) in [5, 5.41) is 6.56. The molecule has 0 atom stereocenters. The molecule has 20 heavy (non-hydrogen) atoms. The Morgan fingerprint density at radius 3 is 2.65 bits per heavy atom. The van der Waals surface area contributed by atoms with E-state index in [0.29, 0.717) is 16.9 Å². The Kier molecular flexibility index (Phi) is 3.82. The Labute approximate surface area is 118 Å². The second kappa shape index (κ2) is 5.26. The van der Waals surface area contributed by atoms with Gasteiger partial charge in [-0.25, -0.2) is 0 Å². The SMILES string of the molecule is Cc1cccc(N(C)S(=O)(=O)c2n[nH]c(C)c2CN)c1. The predicted octanol–water partition coefficient (Wildman–Crippen LogP) is 1.31. The van der Waals surface area contributed by atoms with Gasteiger partial charge in [-0.1, -0.05) is 12.1 Å². The molecule has 0 aliphatic carbocycles. The molecule has 2 rings (SSSR count). The maximum absolute atomic E-state index is 12.6. The summed E-state index contributed by atoms with van der Waals surface area (Å²) in [6.45, 7) is 3.79. The van der Waals surface area contributed by atoms with Crippen LogP contribution in [-0.2, 0) is 16.6 Å². The molecule has 1 aromatic carbocycles. The lowest BCUT2D eigenvalue weighted by Crippen LogP contribution is -2.28. The molecular formula is C13H18N4O2S. The Hall–Kier alpha value is -1.86. The van der Waals surface area contributed by atoms with Crippen molar-refractivity contribution in [1.82, 2.24) is 10.2 Å². The summed E-state index contributed by atoms with van der Waals surface area (Å²) >= 11 is 0. The van der Waals surface area contributed by atoms with E-state index in [-0.39, 0.29) is 11.6 Å². The normalized spacial score (nSPS) is 11.6. The van der Waals surface area contributed by atoms with Gasteiger partial charge >= 0.3 is 0 Å². The summed E-state index contributed by atoms with van der Waals surface area (Å²) in [6, 6.07) is 7.27. The number of nitrogens with one attached hydrogen (secondary N) is 1. The standard InChI is InChI=1S/C13H18N4O2S/c1-9-5-4-6-11(7-9)17(3)20(18,19)13-12(8-14)10(2)15-16-13/h4-7H,8,14H2,1-3H3,(H,15,16). The number of nitrogens with two attached hydrogens (primary N) is 1. The first-order chi connectivity index (χ1) is 9.37. The van der Waals surface area contributed by atoms with Crippen molar-refractivity contribution in [1.29, 1.82) is 0 Å². The van der Waals surface area contributed by atoms with Gasteiger partial charge in [0.25, 0.3) is 10.0 Å². The Balaban J connectivity index is 2.49. The quantitative estimate of drug-likeness (QED) is 0.889. The van der Waals surface area contributed by atoms with E-state index in [4.69, 9.17) is 5.73 Å². The molecule has 0 radical (unpaired) electrons. The molecule has 6 nitrogen and oxygen atoms in total. The third-order valence-corrected chi connectivity index (χ3v) is 4.97. The maximum atomic E-state index is 12.6. The average molecular weight is 294 g/mol. The van der Waals surface area contributed by atoms with Gasteiger partial charge in [0, 0.05) is 24.8 Å². The minimum absolute atomic E-state index is 0.0125. The summed E-state index contributed by atoms with van der Waals surface area (Å²) in [5.74, 6) is 0. The number of aryl methyl sites for hydroxylation is 2. The van der Waals surface area contributed by atoms with Gasteiger partial charge in [-0.05, 0) is 31.5 Å². The first-order valence-corrected chi connectivity index (χ1v) is 7.61. The number of H-pyrrole nitrogens is 1. The maximum Gasteiger partial charge on any atom is 0.283 e. The summed E-state index contributed by atoms with van der Waals surface area (Å²) < 4.78 is 26.5. The van der Waals surface area contributed by atoms with Crippen LogP contribution in [0.3, 0.4) is 0 Å². The van der Waals surface area contributed by atoms with Gasteiger partial charge in [0.15, 0.2) is 0 Å². The van der Waals surface area contributed by atoms with Crippen molar-refractivity contribution < 1.29 is 8.42 Å². The lowest BCUT2D eigenvalue weighted by atomic mass is 10.2. The van der Waals surface area contributed by atoms with Gasteiger partial charge < -0.3 is 5.73 Å². The van der Waals surface area contributed by atoms with E-state index in [9.17, 15) is 8.42 Å². The molecule has 0 bridgehead atoms. The topological polar surface area (TPSA) is 92.1 Å². The molecule has 3 N–H and O–H groups in total. The van der Waals surface area contributed by atoms with Crippen LogP contribution in [0.15, 0.2) is 29.3 Å². The number of hydrogen-bond donors (Lipinski definition) is 2. The lowest BCUT2D eigenvalue weighted by Gasteiger charge is -2.19. The van der Waals surface area contributed by atoms with Gasteiger partial charge in [-0.15, -0.1) is 0 Å². The number of aromatic amines is 1. The van der Waals surface area contributed by atoms with Crippen molar-refractivity contribution in [3.63, 3.8) is 0 Å². The summed E-state index contributed by atoms with van der Waals surface area (Å²) in [4.78, 5) is 0. The highest BCUT2D eigenvalue weighted by Gasteiger charge is 2.28. The van der Waals surface area contributed by atoms with E-state index in [1.807, 2.05) is 19.1 Å². The molecule has 0 aliphatic rings. The molecule has 2 aromatic rings. The first kappa shape index (κ1) is 14.5. The highest BCUT2D eigenvalue weighted by atomic mass is 32.2. The molecule has 0 spiro atoms. The van der Waals surface area contributed by atoms with E-state index >= 15 is 0 Å². The van der Waals surface area contributed by atoms with Crippen LogP contribution in [0.2, 0.25) is 0 Å². The highest BCUT2D eigenvalue weighted by Crippen LogP contribution is 2.24. The molecule has 7 heteroatoms. The molecule has 0 fully saturated rings. The van der Waals surface area contributed by atoms with Crippen LogP contribution < -0.4 is 10.0 Å². The van der Waals surface area contributed by atoms with E-state index in [1.54, 1.807) is 19.1 Å². The van der Waals surface area contributed by atoms with Crippen molar-refractivity contribution in [2.75, 3.05) is 11.4 Å². The molecule has 108 valence electrons. The predicted molar refractivity (Wildman–Crippen MR) is 78.0 cm³/mol. The molecule has 1 heterocycles. The van der Waals surface area contributed by atoms with Crippen LogP contribution in [0.25, 0.3) is 0 Å². The monoisotopic (exact) mass is 294 g/mol. The second-order valence-corrected chi connectivity index (χ2v) is 6.53. The molecule has 0 saturated carbocycles. The lowest BCUT2D eigenvalue weighted by molar-refractivity contribution is 0.589. The first-order valence-electron chi connectivity index (χ1n) is 6.17. The smallest absolute Gasteiger partial charge is 0.283 e. The number of benzene rings is 1. The molecule has 1 aromatic heterocycles. The van der Waals surface area contributed by atoms with Gasteiger partial charge in [0.2, 0.25) is 5.03 Å². The Morgan fingerprint density at radius 2 is 2.05 bits per heavy atom. The molecular weight excluding hydrogens is 276 g/mol. The van der Waals surface area contributed by atoms with Crippen molar-refractivity contribution in [2.45, 2.75) is 25.4 Å². The Bertz CT molecular complexity index is 722. The van der Waals surface area contributed by atoms with E-state index in [2.05, 4.69) is 10.2 Å². The largest absolute Gasteiger partial charge is 0.326 e. The summed E-state index contributed by atoms with van der Waals surface area (Å²) in [5.41, 5.74) is 8.38. The number of aromatic nitrogens is 2. The highest BCUT2D eigenvalue weighted by molar-refractivity contribution is 7.92. The van der Waals surface area contributed by atoms with Crippen molar-refractivity contribution in [3.05, 3.63) is 41.1 Å².